The van der Waals surface area contributed by atoms with Crippen LogP contribution in [0, 0.1) is 10.1 Å². The first kappa shape index (κ1) is 14.3. The molecule has 1 aliphatic carbocycles. The summed E-state index contributed by atoms with van der Waals surface area (Å²) in [5.74, 6) is -1.02. The van der Waals surface area contributed by atoms with Crippen molar-refractivity contribution in [3.63, 3.8) is 0 Å². The number of amides is 2. The van der Waals surface area contributed by atoms with Gasteiger partial charge >= 0.3 is 5.69 Å². The van der Waals surface area contributed by atoms with E-state index >= 15 is 0 Å². The molecule has 106 valence electrons. The Kier molecular flexibility index (Phi) is 4.19. The molecule has 1 aromatic carbocycles. The van der Waals surface area contributed by atoms with Crippen LogP contribution in [0.4, 0.5) is 5.69 Å². The third kappa shape index (κ3) is 3.45. The summed E-state index contributed by atoms with van der Waals surface area (Å²) in [4.78, 5) is 33.5. The number of para-hydroxylation sites is 1. The van der Waals surface area contributed by atoms with Gasteiger partial charge in [-0.3, -0.25) is 19.7 Å². The standard InChI is InChI=1S/C12H12ClN3O4/c13-9-3-1-2-8(11(9)16(19)20)12(18)14-6-10(17)15-7-4-5-7/h1-3,7H,4-6H2,(H,14,18)(H,15,17). The van der Waals surface area contributed by atoms with Crippen LogP contribution in [0.5, 0.6) is 0 Å². The Bertz CT molecular complexity index is 572. The van der Waals surface area contributed by atoms with Crippen molar-refractivity contribution in [2.45, 2.75) is 18.9 Å². The highest BCUT2D eigenvalue weighted by Crippen LogP contribution is 2.27. The predicted molar refractivity (Wildman–Crippen MR) is 71.6 cm³/mol. The van der Waals surface area contributed by atoms with Gasteiger partial charge in [0.15, 0.2) is 0 Å². The van der Waals surface area contributed by atoms with E-state index in [1.807, 2.05) is 0 Å². The highest BCUT2D eigenvalue weighted by molar-refractivity contribution is 6.33. The van der Waals surface area contributed by atoms with Crippen LogP contribution >= 0.6 is 11.6 Å². The van der Waals surface area contributed by atoms with E-state index in [2.05, 4.69) is 10.6 Å². The van der Waals surface area contributed by atoms with E-state index in [9.17, 15) is 19.7 Å². The minimum absolute atomic E-state index is 0.120. The number of carbonyl (C=O) groups excluding carboxylic acids is 2. The lowest BCUT2D eigenvalue weighted by Gasteiger charge is -2.07. The second kappa shape index (κ2) is 5.87. The van der Waals surface area contributed by atoms with Gasteiger partial charge in [0, 0.05) is 6.04 Å². The summed E-state index contributed by atoms with van der Waals surface area (Å²) in [6.45, 7) is -0.223. The van der Waals surface area contributed by atoms with Crippen LogP contribution in [0.1, 0.15) is 23.2 Å². The molecular weight excluding hydrogens is 286 g/mol. The highest BCUT2D eigenvalue weighted by Gasteiger charge is 2.25. The lowest BCUT2D eigenvalue weighted by atomic mass is 10.1. The molecule has 2 N–H and O–H groups in total. The average molecular weight is 298 g/mol. The van der Waals surface area contributed by atoms with Crippen LogP contribution in [-0.4, -0.2) is 29.3 Å². The Morgan fingerprint density at radius 3 is 2.70 bits per heavy atom. The molecule has 2 amide bonds. The van der Waals surface area contributed by atoms with Crippen molar-refractivity contribution >= 4 is 29.1 Å². The Labute approximate surface area is 119 Å². The molecule has 0 spiro atoms. The minimum Gasteiger partial charge on any atom is -0.352 e. The van der Waals surface area contributed by atoms with Gasteiger partial charge in [-0.1, -0.05) is 17.7 Å². The highest BCUT2D eigenvalue weighted by atomic mass is 35.5. The fourth-order valence-electron chi connectivity index (χ4n) is 1.65. The van der Waals surface area contributed by atoms with E-state index in [0.29, 0.717) is 0 Å². The topological polar surface area (TPSA) is 101 Å². The lowest BCUT2D eigenvalue weighted by Crippen LogP contribution is -2.38. The molecule has 8 heteroatoms. The first-order chi connectivity index (χ1) is 9.49. The fraction of sp³-hybridized carbons (Fsp3) is 0.333. The van der Waals surface area contributed by atoms with Crippen molar-refractivity contribution in [1.82, 2.24) is 10.6 Å². The molecule has 0 unspecified atom stereocenters. The average Bonchev–Trinajstić information content (AvgIpc) is 3.19. The summed E-state index contributed by atoms with van der Waals surface area (Å²) in [5.41, 5.74) is -0.629. The molecule has 0 atom stereocenters. The van der Waals surface area contributed by atoms with E-state index in [1.54, 1.807) is 0 Å². The zero-order valence-electron chi connectivity index (χ0n) is 10.4. The van der Waals surface area contributed by atoms with Gasteiger partial charge in [-0.15, -0.1) is 0 Å². The third-order valence-electron chi connectivity index (χ3n) is 2.77. The molecule has 1 aliphatic rings. The Balaban J connectivity index is 2.03. The van der Waals surface area contributed by atoms with E-state index in [-0.39, 0.29) is 29.1 Å². The molecule has 0 saturated heterocycles. The number of carbonyl (C=O) groups is 2. The van der Waals surface area contributed by atoms with E-state index in [1.165, 1.54) is 18.2 Å². The van der Waals surface area contributed by atoms with Crippen LogP contribution in [0.25, 0.3) is 0 Å². The third-order valence-corrected chi connectivity index (χ3v) is 3.07. The summed E-state index contributed by atoms with van der Waals surface area (Å²) < 4.78 is 0. The van der Waals surface area contributed by atoms with Crippen LogP contribution < -0.4 is 10.6 Å². The molecule has 0 aromatic heterocycles. The summed E-state index contributed by atoms with van der Waals surface area (Å²) in [6, 6.07) is 4.25. The Hall–Kier alpha value is -2.15. The zero-order chi connectivity index (χ0) is 14.7. The quantitative estimate of drug-likeness (QED) is 0.631. The van der Waals surface area contributed by atoms with Gasteiger partial charge in [0.25, 0.3) is 5.91 Å². The van der Waals surface area contributed by atoms with Gasteiger partial charge in [-0.05, 0) is 25.0 Å². The Morgan fingerprint density at radius 2 is 2.10 bits per heavy atom. The number of rotatable bonds is 5. The van der Waals surface area contributed by atoms with E-state index in [0.717, 1.165) is 12.8 Å². The summed E-state index contributed by atoms with van der Waals surface area (Å²) in [5, 5.41) is 15.8. The molecular formula is C12H12ClN3O4. The summed E-state index contributed by atoms with van der Waals surface area (Å²) in [7, 11) is 0. The number of hydrogen-bond donors (Lipinski definition) is 2. The molecule has 20 heavy (non-hydrogen) atoms. The number of nitro benzene ring substituents is 1. The van der Waals surface area contributed by atoms with Crippen LogP contribution in [-0.2, 0) is 4.79 Å². The number of nitrogens with one attached hydrogen (secondary N) is 2. The maximum absolute atomic E-state index is 11.9. The first-order valence-electron chi connectivity index (χ1n) is 5.99. The summed E-state index contributed by atoms with van der Waals surface area (Å²) >= 11 is 5.71. The van der Waals surface area contributed by atoms with Crippen molar-refractivity contribution in [3.8, 4) is 0 Å². The fourth-order valence-corrected chi connectivity index (χ4v) is 1.89. The van der Waals surface area contributed by atoms with Gasteiger partial charge in [0.1, 0.15) is 10.6 Å². The second-order valence-corrected chi connectivity index (χ2v) is 4.82. The number of nitrogens with zero attached hydrogens (tertiary/aromatic N) is 1. The Morgan fingerprint density at radius 1 is 1.40 bits per heavy atom. The van der Waals surface area contributed by atoms with Crippen molar-refractivity contribution < 1.29 is 14.5 Å². The maximum Gasteiger partial charge on any atom is 0.300 e. The molecule has 1 fully saturated rings. The molecule has 0 radical (unpaired) electrons. The minimum atomic E-state index is -0.721. The molecule has 1 saturated carbocycles. The molecule has 2 rings (SSSR count). The first-order valence-corrected chi connectivity index (χ1v) is 6.37. The van der Waals surface area contributed by atoms with Crippen molar-refractivity contribution in [2.24, 2.45) is 0 Å². The van der Waals surface area contributed by atoms with Gasteiger partial charge in [-0.25, -0.2) is 0 Å². The maximum atomic E-state index is 11.9. The predicted octanol–water partition coefficient (Wildman–Crippen LogP) is 1.26. The number of benzene rings is 1. The normalized spacial score (nSPS) is 13.7. The van der Waals surface area contributed by atoms with Crippen molar-refractivity contribution in [3.05, 3.63) is 38.9 Å². The lowest BCUT2D eigenvalue weighted by molar-refractivity contribution is -0.385. The van der Waals surface area contributed by atoms with Crippen molar-refractivity contribution in [2.75, 3.05) is 6.54 Å². The number of hydrogen-bond acceptors (Lipinski definition) is 4. The van der Waals surface area contributed by atoms with Crippen molar-refractivity contribution in [1.29, 1.82) is 0 Å². The monoisotopic (exact) mass is 297 g/mol. The molecule has 7 nitrogen and oxygen atoms in total. The molecule has 0 heterocycles. The summed E-state index contributed by atoms with van der Waals surface area (Å²) in [6.07, 6.45) is 1.89. The van der Waals surface area contributed by atoms with Gasteiger partial charge in [0.05, 0.1) is 11.5 Å². The van der Waals surface area contributed by atoms with Crippen LogP contribution in [0.2, 0.25) is 5.02 Å². The van der Waals surface area contributed by atoms with Gasteiger partial charge in [-0.2, -0.15) is 0 Å². The van der Waals surface area contributed by atoms with E-state index < -0.39 is 16.5 Å². The smallest absolute Gasteiger partial charge is 0.300 e. The number of halogens is 1. The number of nitro groups is 1. The molecule has 0 aliphatic heterocycles. The zero-order valence-corrected chi connectivity index (χ0v) is 11.1. The largest absolute Gasteiger partial charge is 0.352 e. The molecule has 0 bridgehead atoms. The van der Waals surface area contributed by atoms with E-state index in [4.69, 9.17) is 11.6 Å². The van der Waals surface area contributed by atoms with Gasteiger partial charge in [0.2, 0.25) is 5.91 Å². The van der Waals surface area contributed by atoms with Gasteiger partial charge < -0.3 is 10.6 Å². The molecule has 1 aromatic rings. The SMILES string of the molecule is O=C(CNC(=O)c1cccc(Cl)c1[N+](=O)[O-])NC1CC1. The second-order valence-electron chi connectivity index (χ2n) is 4.42. The van der Waals surface area contributed by atoms with Crippen LogP contribution in [0.3, 0.4) is 0 Å². The van der Waals surface area contributed by atoms with Crippen LogP contribution in [0.15, 0.2) is 18.2 Å².